The van der Waals surface area contributed by atoms with Crippen LogP contribution in [0.3, 0.4) is 0 Å². The van der Waals surface area contributed by atoms with Crippen LogP contribution in [-0.4, -0.2) is 29.5 Å². The fraction of sp³-hybridized carbons (Fsp3) is 0.375. The summed E-state index contributed by atoms with van der Waals surface area (Å²) in [6, 6.07) is 13.6. The summed E-state index contributed by atoms with van der Waals surface area (Å²) in [5.41, 5.74) is 2.69. The Kier molecular flexibility index (Phi) is 7.32. The molecular formula is C24H29N3O3S2. The first-order valence-electron chi connectivity index (χ1n) is 10.8. The summed E-state index contributed by atoms with van der Waals surface area (Å²) >= 11 is 1.65. The first-order valence-corrected chi connectivity index (χ1v) is 12.8. The average molecular weight is 472 g/mol. The number of ether oxygens (including phenoxy) is 2. The maximum absolute atomic E-state index is 13.1. The van der Waals surface area contributed by atoms with Crippen LogP contribution < -0.4 is 19.5 Å². The lowest BCUT2D eigenvalue weighted by molar-refractivity contribution is 0.404. The van der Waals surface area contributed by atoms with E-state index >= 15 is 0 Å². The van der Waals surface area contributed by atoms with Gasteiger partial charge in [0.2, 0.25) is 0 Å². The van der Waals surface area contributed by atoms with Crippen molar-refractivity contribution >= 4 is 33.1 Å². The number of nitrogens with zero attached hydrogens (tertiary/aromatic N) is 1. The first kappa shape index (κ1) is 22.6. The van der Waals surface area contributed by atoms with E-state index in [0.29, 0.717) is 16.7 Å². The Labute approximate surface area is 196 Å². The van der Waals surface area contributed by atoms with Crippen LogP contribution in [-0.2, 0) is 11.0 Å². The summed E-state index contributed by atoms with van der Waals surface area (Å²) < 4.78 is 26.9. The number of hydrogen-bond acceptors (Lipinski definition) is 6. The summed E-state index contributed by atoms with van der Waals surface area (Å²) in [5.74, 6) is 1.33. The van der Waals surface area contributed by atoms with Gasteiger partial charge in [0.05, 0.1) is 24.8 Å². The van der Waals surface area contributed by atoms with Gasteiger partial charge in [-0.25, -0.2) is 9.19 Å². The molecule has 0 bridgehead atoms. The molecule has 8 heteroatoms. The molecule has 1 aromatic heterocycles. The van der Waals surface area contributed by atoms with Crippen molar-refractivity contribution in [2.45, 2.75) is 50.0 Å². The third-order valence-electron chi connectivity index (χ3n) is 5.66. The van der Waals surface area contributed by atoms with Gasteiger partial charge in [-0.05, 0) is 67.8 Å². The monoisotopic (exact) mass is 471 g/mol. The second-order valence-electron chi connectivity index (χ2n) is 7.88. The highest BCUT2D eigenvalue weighted by atomic mass is 32.2. The standard InChI is InChI=1S/C24H29N3O3S2/c1-16-23(31-24(25-16)26-18-7-5-4-6-8-18)17-9-14-21(30-3)22(15-17)32(28)27-19-10-12-20(29-2)13-11-19/h9-15,18,27H,4-8H2,1-3H3,(H,25,26). The minimum absolute atomic E-state index is 0.509. The number of benzene rings is 2. The molecule has 0 saturated heterocycles. The molecule has 3 aromatic rings. The second-order valence-corrected chi connectivity index (χ2v) is 10.1. The van der Waals surface area contributed by atoms with Gasteiger partial charge in [0.1, 0.15) is 16.4 Å². The third-order valence-corrected chi connectivity index (χ3v) is 7.93. The predicted molar refractivity (Wildman–Crippen MR) is 132 cm³/mol. The van der Waals surface area contributed by atoms with Crippen LogP contribution >= 0.6 is 11.3 Å². The largest absolute Gasteiger partial charge is 0.497 e. The Morgan fingerprint density at radius 3 is 2.47 bits per heavy atom. The second kappa shape index (κ2) is 10.4. The van der Waals surface area contributed by atoms with E-state index in [1.165, 1.54) is 32.1 Å². The van der Waals surface area contributed by atoms with E-state index in [0.717, 1.165) is 32.7 Å². The molecule has 1 fully saturated rings. The fourth-order valence-corrected chi connectivity index (χ4v) is 6.00. The van der Waals surface area contributed by atoms with E-state index in [9.17, 15) is 4.21 Å². The molecule has 6 nitrogen and oxygen atoms in total. The van der Waals surface area contributed by atoms with E-state index in [2.05, 4.69) is 10.0 Å². The lowest BCUT2D eigenvalue weighted by atomic mass is 9.96. The maximum atomic E-state index is 13.1. The molecule has 2 aromatic carbocycles. The van der Waals surface area contributed by atoms with E-state index in [4.69, 9.17) is 14.5 Å². The molecule has 2 N–H and O–H groups in total. The van der Waals surface area contributed by atoms with Gasteiger partial charge >= 0.3 is 0 Å². The quantitative estimate of drug-likeness (QED) is 0.421. The number of hydrogen-bond donors (Lipinski definition) is 2. The number of methoxy groups -OCH3 is 2. The van der Waals surface area contributed by atoms with Crippen molar-refractivity contribution in [2.24, 2.45) is 0 Å². The van der Waals surface area contributed by atoms with Crippen LogP contribution in [0, 0.1) is 6.92 Å². The van der Waals surface area contributed by atoms with Crippen LogP contribution in [0.15, 0.2) is 47.4 Å². The topological polar surface area (TPSA) is 72.5 Å². The highest BCUT2D eigenvalue weighted by molar-refractivity contribution is 7.86. The molecule has 0 aliphatic heterocycles. The van der Waals surface area contributed by atoms with E-state index < -0.39 is 11.0 Å². The van der Waals surface area contributed by atoms with Gasteiger partial charge in [-0.2, -0.15) is 0 Å². The van der Waals surface area contributed by atoms with E-state index in [-0.39, 0.29) is 0 Å². The molecular weight excluding hydrogens is 442 g/mol. The lowest BCUT2D eigenvalue weighted by Gasteiger charge is -2.22. The van der Waals surface area contributed by atoms with Crippen molar-refractivity contribution in [1.82, 2.24) is 4.98 Å². The van der Waals surface area contributed by atoms with Crippen LogP contribution in [0.4, 0.5) is 10.8 Å². The minimum atomic E-state index is -1.49. The summed E-state index contributed by atoms with van der Waals surface area (Å²) in [4.78, 5) is 6.43. The average Bonchev–Trinajstić information content (AvgIpc) is 3.19. The van der Waals surface area contributed by atoms with Crippen molar-refractivity contribution in [3.63, 3.8) is 0 Å². The SMILES string of the molecule is COc1ccc(NS(=O)c2cc(-c3sc(NC4CCCCC4)nc3C)ccc2OC)cc1. The molecule has 32 heavy (non-hydrogen) atoms. The molecule has 1 unspecified atom stereocenters. The van der Waals surface area contributed by atoms with Crippen LogP contribution in [0.25, 0.3) is 10.4 Å². The Hall–Kier alpha value is -2.58. The zero-order valence-corrected chi connectivity index (χ0v) is 20.3. The summed E-state index contributed by atoms with van der Waals surface area (Å²) in [6.07, 6.45) is 6.30. The molecule has 1 aliphatic carbocycles. The van der Waals surface area contributed by atoms with Gasteiger partial charge in [-0.3, -0.25) is 0 Å². The van der Waals surface area contributed by atoms with Crippen molar-refractivity contribution in [2.75, 3.05) is 24.3 Å². The molecule has 1 saturated carbocycles. The number of rotatable bonds is 8. The van der Waals surface area contributed by atoms with Crippen molar-refractivity contribution in [3.8, 4) is 21.9 Å². The van der Waals surface area contributed by atoms with Gasteiger partial charge in [0.25, 0.3) is 0 Å². The van der Waals surface area contributed by atoms with Gasteiger partial charge in [0.15, 0.2) is 16.1 Å². The summed E-state index contributed by atoms with van der Waals surface area (Å²) in [7, 11) is 1.72. The van der Waals surface area contributed by atoms with Crippen LogP contribution in [0.1, 0.15) is 37.8 Å². The Morgan fingerprint density at radius 1 is 1.03 bits per heavy atom. The summed E-state index contributed by atoms with van der Waals surface area (Å²) in [5, 5.41) is 4.57. The van der Waals surface area contributed by atoms with Crippen molar-refractivity contribution in [3.05, 3.63) is 48.2 Å². The number of aryl methyl sites for hydroxylation is 1. The minimum Gasteiger partial charge on any atom is -0.497 e. The molecule has 1 heterocycles. The predicted octanol–water partition coefficient (Wildman–Crippen LogP) is 6.02. The van der Waals surface area contributed by atoms with E-state index in [1.807, 2.05) is 49.4 Å². The maximum Gasteiger partial charge on any atom is 0.183 e. The molecule has 4 rings (SSSR count). The molecule has 0 radical (unpaired) electrons. The van der Waals surface area contributed by atoms with Gasteiger partial charge < -0.3 is 19.5 Å². The Bertz CT molecular complexity index is 1080. The number of aromatic nitrogens is 1. The first-order chi connectivity index (χ1) is 15.6. The molecule has 1 aliphatic rings. The van der Waals surface area contributed by atoms with Crippen molar-refractivity contribution < 1.29 is 13.7 Å². The zero-order chi connectivity index (χ0) is 22.5. The highest BCUT2D eigenvalue weighted by Crippen LogP contribution is 2.37. The number of anilines is 2. The zero-order valence-electron chi connectivity index (χ0n) is 18.6. The van der Waals surface area contributed by atoms with Crippen LogP contribution in [0.5, 0.6) is 11.5 Å². The highest BCUT2D eigenvalue weighted by Gasteiger charge is 2.19. The van der Waals surface area contributed by atoms with Gasteiger partial charge in [-0.1, -0.05) is 30.6 Å². The molecule has 0 spiro atoms. The third kappa shape index (κ3) is 5.24. The Balaban J connectivity index is 1.56. The summed E-state index contributed by atoms with van der Waals surface area (Å²) in [6.45, 7) is 2.02. The van der Waals surface area contributed by atoms with E-state index in [1.54, 1.807) is 25.6 Å². The Morgan fingerprint density at radius 2 is 1.78 bits per heavy atom. The smallest absolute Gasteiger partial charge is 0.183 e. The van der Waals surface area contributed by atoms with Gasteiger partial charge in [-0.15, -0.1) is 0 Å². The normalized spacial score (nSPS) is 15.2. The lowest BCUT2D eigenvalue weighted by Crippen LogP contribution is -2.21. The van der Waals surface area contributed by atoms with Crippen molar-refractivity contribution in [1.29, 1.82) is 0 Å². The molecule has 1 atom stereocenters. The fourth-order valence-electron chi connectivity index (χ4n) is 3.93. The molecule has 0 amide bonds. The number of nitrogens with one attached hydrogen (secondary N) is 2. The van der Waals surface area contributed by atoms with Gasteiger partial charge in [0, 0.05) is 11.7 Å². The van der Waals surface area contributed by atoms with Crippen LogP contribution in [0.2, 0.25) is 0 Å². The molecule has 170 valence electrons. The number of thiazole rings is 1.